The highest BCUT2D eigenvalue weighted by Crippen LogP contribution is 2.39. The predicted octanol–water partition coefficient (Wildman–Crippen LogP) is 2.01. The van der Waals surface area contributed by atoms with Crippen molar-refractivity contribution >= 4 is 35.3 Å². The maximum atomic E-state index is 12.6. The van der Waals surface area contributed by atoms with Crippen LogP contribution in [0.15, 0.2) is 23.4 Å². The summed E-state index contributed by atoms with van der Waals surface area (Å²) >= 11 is 0.969. The van der Waals surface area contributed by atoms with Gasteiger partial charge in [-0.25, -0.2) is 4.79 Å². The second-order valence-electron chi connectivity index (χ2n) is 8.19. The van der Waals surface area contributed by atoms with Crippen LogP contribution in [0.3, 0.4) is 0 Å². The van der Waals surface area contributed by atoms with Crippen molar-refractivity contribution in [3.63, 3.8) is 0 Å². The molecule has 2 rings (SSSR count). The van der Waals surface area contributed by atoms with Crippen molar-refractivity contribution in [2.24, 2.45) is 0 Å². The van der Waals surface area contributed by atoms with Crippen LogP contribution in [0.1, 0.15) is 22.3 Å². The second kappa shape index (κ2) is 12.8. The number of rotatable bonds is 13. The number of thioether (sulfide) groups is 1. The predicted molar refractivity (Wildman–Crippen MR) is 132 cm³/mol. The number of carboxylic acids is 2. The molecule has 0 aliphatic carbocycles. The van der Waals surface area contributed by atoms with E-state index in [-0.39, 0.29) is 22.4 Å². The molecule has 1 aromatic carbocycles. The Bertz CT molecular complexity index is 1190. The lowest BCUT2D eigenvalue weighted by atomic mass is 10.1. The van der Waals surface area contributed by atoms with E-state index in [0.29, 0.717) is 13.0 Å². The number of nitro groups is 1. The summed E-state index contributed by atoms with van der Waals surface area (Å²) in [6.07, 6.45) is -0.807. The van der Waals surface area contributed by atoms with E-state index in [1.54, 1.807) is 32.5 Å². The molecule has 0 bridgehead atoms. The first-order chi connectivity index (χ1) is 17.3. The molecule has 1 aromatic heterocycles. The van der Waals surface area contributed by atoms with E-state index in [1.807, 2.05) is 19.0 Å². The zero-order valence-electron chi connectivity index (χ0n) is 20.8. The number of hydrogen-bond acceptors (Lipinski definition) is 11. The van der Waals surface area contributed by atoms with Crippen LogP contribution in [0.5, 0.6) is 17.5 Å². The third kappa shape index (κ3) is 8.28. The van der Waals surface area contributed by atoms with Gasteiger partial charge in [0.1, 0.15) is 5.75 Å². The Morgan fingerprint density at radius 1 is 1.11 bits per heavy atom. The average molecular weight is 538 g/mol. The molecule has 0 saturated carbocycles. The van der Waals surface area contributed by atoms with Gasteiger partial charge in [-0.05, 0) is 50.5 Å². The van der Waals surface area contributed by atoms with Gasteiger partial charge in [0.2, 0.25) is 6.10 Å². The van der Waals surface area contributed by atoms with Gasteiger partial charge in [-0.2, -0.15) is 9.97 Å². The number of nitrogens with zero attached hydrogens (tertiary/aromatic N) is 5. The number of benzene rings is 1. The summed E-state index contributed by atoms with van der Waals surface area (Å²) in [6, 6.07) is 4.70. The van der Waals surface area contributed by atoms with Crippen molar-refractivity contribution in [3.8, 4) is 17.5 Å². The highest BCUT2D eigenvalue weighted by molar-refractivity contribution is 7.98. The molecule has 2 aromatic rings. The van der Waals surface area contributed by atoms with Crippen LogP contribution < -0.4 is 9.47 Å². The number of aromatic nitrogens is 2. The first kappa shape index (κ1) is 29.3. The van der Waals surface area contributed by atoms with E-state index in [0.717, 1.165) is 17.3 Å². The van der Waals surface area contributed by atoms with E-state index in [4.69, 9.17) is 14.6 Å². The number of amides is 1. The minimum absolute atomic E-state index is 0.0524. The van der Waals surface area contributed by atoms with Gasteiger partial charge >= 0.3 is 29.4 Å². The van der Waals surface area contributed by atoms with E-state index in [2.05, 4.69) is 9.97 Å². The zero-order chi connectivity index (χ0) is 27.9. The lowest BCUT2D eigenvalue weighted by molar-refractivity contribution is -0.387. The fraction of sp³-hybridized carbons (Fsp3) is 0.409. The molecule has 200 valence electrons. The van der Waals surface area contributed by atoms with Gasteiger partial charge in [0.15, 0.2) is 5.16 Å². The summed E-state index contributed by atoms with van der Waals surface area (Å²) in [5.74, 6) is -4.71. The molecule has 1 unspecified atom stereocenters. The first-order valence-electron chi connectivity index (χ1n) is 10.7. The fourth-order valence-electron chi connectivity index (χ4n) is 2.98. The Morgan fingerprint density at radius 3 is 2.27 bits per heavy atom. The molecular weight excluding hydrogens is 510 g/mol. The van der Waals surface area contributed by atoms with Gasteiger partial charge in [0, 0.05) is 26.2 Å². The standard InChI is InChI=1S/C22H27N5O9S/c1-25(2)7-6-12-8-13(20(30)26(3)4)10-14(9-12)35-18-17(27(33)34)19(24-22(23-18)37-5)36-15(21(31)32)11-16(28)29/h8-10,15H,6-7,11H2,1-5H3,(H,28,29)(H,31,32). The molecule has 0 aliphatic rings. The summed E-state index contributed by atoms with van der Waals surface area (Å²) in [7, 11) is 6.93. The number of aliphatic carboxylic acids is 2. The van der Waals surface area contributed by atoms with Gasteiger partial charge in [-0.15, -0.1) is 0 Å². The number of carboxylic acid groups (broad SMARTS) is 2. The van der Waals surface area contributed by atoms with Crippen molar-refractivity contribution < 1.29 is 39.0 Å². The molecule has 2 N–H and O–H groups in total. The molecule has 1 amide bonds. The van der Waals surface area contributed by atoms with Crippen LogP contribution in [0.4, 0.5) is 5.69 Å². The van der Waals surface area contributed by atoms with E-state index >= 15 is 0 Å². The summed E-state index contributed by atoms with van der Waals surface area (Å²) in [4.78, 5) is 57.4. The Hall–Kier alpha value is -3.98. The van der Waals surface area contributed by atoms with Gasteiger partial charge < -0.3 is 29.5 Å². The molecule has 1 heterocycles. The molecular formula is C22H27N5O9S. The second-order valence-corrected chi connectivity index (χ2v) is 8.96. The van der Waals surface area contributed by atoms with Crippen LogP contribution >= 0.6 is 11.8 Å². The van der Waals surface area contributed by atoms with Crippen molar-refractivity contribution in [1.29, 1.82) is 0 Å². The van der Waals surface area contributed by atoms with Crippen molar-refractivity contribution in [2.45, 2.75) is 24.1 Å². The normalized spacial score (nSPS) is 11.6. The molecule has 15 heteroatoms. The number of hydrogen-bond donors (Lipinski definition) is 2. The minimum atomic E-state index is -1.95. The van der Waals surface area contributed by atoms with Crippen LogP contribution in [0.2, 0.25) is 0 Å². The molecule has 14 nitrogen and oxygen atoms in total. The molecule has 0 radical (unpaired) electrons. The van der Waals surface area contributed by atoms with Gasteiger partial charge in [-0.1, -0.05) is 11.8 Å². The van der Waals surface area contributed by atoms with Crippen LogP contribution in [-0.4, -0.2) is 99.8 Å². The van der Waals surface area contributed by atoms with Crippen LogP contribution in [0, 0.1) is 10.1 Å². The molecule has 0 aliphatic heterocycles. The zero-order valence-corrected chi connectivity index (χ0v) is 21.6. The summed E-state index contributed by atoms with van der Waals surface area (Å²) in [6.45, 7) is 0.654. The molecule has 37 heavy (non-hydrogen) atoms. The maximum Gasteiger partial charge on any atom is 0.392 e. The van der Waals surface area contributed by atoms with Crippen molar-refractivity contribution in [1.82, 2.24) is 19.8 Å². The molecule has 0 spiro atoms. The smallest absolute Gasteiger partial charge is 0.392 e. The summed E-state index contributed by atoms with van der Waals surface area (Å²) in [5, 5.41) is 30.2. The molecule has 1 atom stereocenters. The largest absolute Gasteiger partial charge is 0.481 e. The third-order valence-electron chi connectivity index (χ3n) is 4.74. The monoisotopic (exact) mass is 537 g/mol. The number of carbonyl (C=O) groups excluding carboxylic acids is 1. The number of likely N-dealkylation sites (N-methyl/N-ethyl adjacent to an activating group) is 1. The maximum absolute atomic E-state index is 12.6. The minimum Gasteiger partial charge on any atom is -0.481 e. The van der Waals surface area contributed by atoms with E-state index in [9.17, 15) is 29.6 Å². The van der Waals surface area contributed by atoms with Crippen molar-refractivity contribution in [3.05, 3.63) is 39.4 Å². The summed E-state index contributed by atoms with van der Waals surface area (Å²) in [5.41, 5.74) is 0.109. The van der Waals surface area contributed by atoms with Gasteiger partial charge in [-0.3, -0.25) is 19.7 Å². The number of ether oxygens (including phenoxy) is 2. The van der Waals surface area contributed by atoms with E-state index in [1.165, 1.54) is 11.0 Å². The Labute approximate surface area is 216 Å². The SMILES string of the molecule is CSc1nc(Oc2cc(CCN(C)C)cc(C(=O)N(C)C)c2)c([N+](=O)[O-])c(OC(CC(=O)O)C(=O)O)n1. The van der Waals surface area contributed by atoms with Gasteiger partial charge in [0.25, 0.3) is 5.91 Å². The van der Waals surface area contributed by atoms with Crippen LogP contribution in [0.25, 0.3) is 0 Å². The van der Waals surface area contributed by atoms with Gasteiger partial charge in [0.05, 0.1) is 11.3 Å². The first-order valence-corrected chi connectivity index (χ1v) is 11.9. The highest BCUT2D eigenvalue weighted by atomic mass is 32.2. The summed E-state index contributed by atoms with van der Waals surface area (Å²) < 4.78 is 10.9. The average Bonchev–Trinajstić information content (AvgIpc) is 2.80. The van der Waals surface area contributed by atoms with E-state index < -0.39 is 46.8 Å². The lowest BCUT2D eigenvalue weighted by Gasteiger charge is -2.16. The highest BCUT2D eigenvalue weighted by Gasteiger charge is 2.33. The van der Waals surface area contributed by atoms with Crippen LogP contribution in [-0.2, 0) is 16.0 Å². The fourth-order valence-corrected chi connectivity index (χ4v) is 3.33. The lowest BCUT2D eigenvalue weighted by Crippen LogP contribution is -2.30. The molecule has 0 saturated heterocycles. The Kier molecular flexibility index (Phi) is 10.1. The molecule has 0 fully saturated rings. The number of carbonyl (C=O) groups is 3. The Balaban J connectivity index is 2.62. The quantitative estimate of drug-likeness (QED) is 0.164. The topological polar surface area (TPSA) is 186 Å². The van der Waals surface area contributed by atoms with Crippen molar-refractivity contribution in [2.75, 3.05) is 41.0 Å². The third-order valence-corrected chi connectivity index (χ3v) is 5.28. The Morgan fingerprint density at radius 2 is 1.76 bits per heavy atom.